The van der Waals surface area contributed by atoms with Gasteiger partial charge in [0.25, 0.3) is 5.91 Å². The number of carbonyl (C=O) groups excluding carboxylic acids is 2. The van der Waals surface area contributed by atoms with E-state index in [0.717, 1.165) is 22.9 Å². The molecule has 2 heterocycles. The highest BCUT2D eigenvalue weighted by atomic mass is 19.1. The minimum atomic E-state index is -0.810. The molecule has 1 fully saturated rings. The lowest BCUT2D eigenvalue weighted by Gasteiger charge is -2.33. The van der Waals surface area contributed by atoms with E-state index in [1.165, 1.54) is 19.4 Å². The number of amides is 1. The van der Waals surface area contributed by atoms with Gasteiger partial charge in [-0.25, -0.2) is 4.39 Å². The number of Topliss-reactive ketones (excluding diaryl/α,β-unsaturated/α-hetero) is 1. The molecule has 9 heteroatoms. The minimum Gasteiger partial charge on any atom is -0.484 e. The zero-order chi connectivity index (χ0) is 27.1. The van der Waals surface area contributed by atoms with E-state index < -0.39 is 12.1 Å². The zero-order valence-electron chi connectivity index (χ0n) is 21.3. The summed E-state index contributed by atoms with van der Waals surface area (Å²) in [6.45, 7) is 1.23. The smallest absolute Gasteiger partial charge is 0.260 e. The monoisotopic (exact) mass is 521 g/mol. The van der Waals surface area contributed by atoms with Crippen LogP contribution in [0.1, 0.15) is 34.3 Å². The van der Waals surface area contributed by atoms with E-state index in [2.05, 4.69) is 4.98 Å². The fourth-order valence-electron chi connectivity index (χ4n) is 4.64. The number of rotatable bonds is 10. The number of ether oxygens (including phenoxy) is 2. The number of aliphatic hydroxyl groups excluding tert-OH is 1. The average Bonchev–Trinajstić information content (AvgIpc) is 2.96. The van der Waals surface area contributed by atoms with Crippen LogP contribution in [0.2, 0.25) is 0 Å². The number of methoxy groups -OCH3 is 1. The van der Waals surface area contributed by atoms with Crippen molar-refractivity contribution >= 4 is 11.7 Å². The van der Waals surface area contributed by atoms with Crippen LogP contribution < -0.4 is 10.5 Å². The van der Waals surface area contributed by atoms with Crippen LogP contribution in [0.15, 0.2) is 60.9 Å². The number of ketones is 1. The highest BCUT2D eigenvalue weighted by Gasteiger charge is 2.27. The Balaban J connectivity index is 1.44. The molecule has 0 spiro atoms. The molecule has 0 saturated carbocycles. The van der Waals surface area contributed by atoms with Gasteiger partial charge in [0.1, 0.15) is 11.6 Å². The number of piperidine rings is 1. The van der Waals surface area contributed by atoms with Gasteiger partial charge < -0.3 is 25.2 Å². The lowest BCUT2D eigenvalue weighted by Crippen LogP contribution is -2.43. The second kappa shape index (κ2) is 12.7. The minimum absolute atomic E-state index is 0.0183. The van der Waals surface area contributed by atoms with Crippen molar-refractivity contribution in [2.75, 3.05) is 26.8 Å². The molecule has 4 rings (SSSR count). The van der Waals surface area contributed by atoms with Gasteiger partial charge in [-0.2, -0.15) is 0 Å². The van der Waals surface area contributed by atoms with Crippen LogP contribution >= 0.6 is 0 Å². The third-order valence-corrected chi connectivity index (χ3v) is 6.90. The van der Waals surface area contributed by atoms with Crippen molar-refractivity contribution in [1.29, 1.82) is 0 Å². The lowest BCUT2D eigenvalue weighted by atomic mass is 9.94. The Hall–Kier alpha value is -3.66. The van der Waals surface area contributed by atoms with Crippen LogP contribution in [0.3, 0.4) is 0 Å². The first-order chi connectivity index (χ1) is 18.4. The van der Waals surface area contributed by atoms with Crippen molar-refractivity contribution < 1.29 is 28.6 Å². The van der Waals surface area contributed by atoms with Gasteiger partial charge in [0.2, 0.25) is 0 Å². The van der Waals surface area contributed by atoms with Crippen LogP contribution in [0, 0.1) is 11.7 Å². The van der Waals surface area contributed by atoms with Gasteiger partial charge >= 0.3 is 0 Å². The maximum Gasteiger partial charge on any atom is 0.260 e. The largest absolute Gasteiger partial charge is 0.484 e. The third kappa shape index (κ3) is 6.61. The summed E-state index contributed by atoms with van der Waals surface area (Å²) < 4.78 is 24.8. The van der Waals surface area contributed by atoms with Crippen LogP contribution in [0.25, 0.3) is 11.1 Å². The van der Waals surface area contributed by atoms with Crippen molar-refractivity contribution in [2.24, 2.45) is 11.7 Å². The molecule has 3 aromatic rings. The first-order valence-electron chi connectivity index (χ1n) is 12.6. The van der Waals surface area contributed by atoms with Gasteiger partial charge in [-0.05, 0) is 59.4 Å². The number of nitrogens with zero attached hydrogens (tertiary/aromatic N) is 2. The van der Waals surface area contributed by atoms with E-state index in [-0.39, 0.29) is 42.7 Å². The number of pyridine rings is 1. The molecule has 1 aliphatic heterocycles. The van der Waals surface area contributed by atoms with Crippen LogP contribution in [0.4, 0.5) is 4.39 Å². The van der Waals surface area contributed by atoms with E-state index in [9.17, 15) is 19.1 Å². The first-order valence-corrected chi connectivity index (χ1v) is 12.6. The molecule has 200 valence electrons. The lowest BCUT2D eigenvalue weighted by molar-refractivity contribution is -0.143. The molecule has 2 aromatic carbocycles. The van der Waals surface area contributed by atoms with Crippen molar-refractivity contribution in [3.05, 3.63) is 83.4 Å². The summed E-state index contributed by atoms with van der Waals surface area (Å²) in [5, 5.41) is 9.85. The number of halogens is 1. The molecule has 0 radical (unpaired) electrons. The molecular formula is C29H32FN3O5. The Morgan fingerprint density at radius 1 is 1.16 bits per heavy atom. The molecule has 1 aliphatic rings. The van der Waals surface area contributed by atoms with Gasteiger partial charge in [0, 0.05) is 50.8 Å². The molecular weight excluding hydrogens is 489 g/mol. The summed E-state index contributed by atoms with van der Waals surface area (Å²) in [6.07, 6.45) is 2.99. The maximum atomic E-state index is 14.0. The Morgan fingerprint density at radius 3 is 2.66 bits per heavy atom. The Labute approximate surface area is 221 Å². The summed E-state index contributed by atoms with van der Waals surface area (Å²) in [4.78, 5) is 31.1. The van der Waals surface area contributed by atoms with Crippen LogP contribution in [0.5, 0.6) is 5.75 Å². The predicted octanol–water partition coefficient (Wildman–Crippen LogP) is 3.35. The number of hydrogen-bond donors (Lipinski definition) is 2. The molecule has 3 N–H and O–H groups in total. The topological polar surface area (TPSA) is 115 Å². The van der Waals surface area contributed by atoms with Gasteiger partial charge in [-0.3, -0.25) is 14.6 Å². The second-order valence-corrected chi connectivity index (χ2v) is 9.30. The van der Waals surface area contributed by atoms with Crippen molar-refractivity contribution in [3.63, 3.8) is 0 Å². The maximum absolute atomic E-state index is 14.0. The fraction of sp³-hybridized carbons (Fsp3) is 0.345. The number of benzene rings is 2. The van der Waals surface area contributed by atoms with Crippen molar-refractivity contribution in [3.8, 4) is 16.9 Å². The molecule has 8 nitrogen and oxygen atoms in total. The number of hydrogen-bond acceptors (Lipinski definition) is 7. The van der Waals surface area contributed by atoms with Gasteiger partial charge in [-0.1, -0.05) is 24.3 Å². The standard InChI is InChI=1S/C29H32FN3O5/c1-37-29(36)19-8-11-33(12-9-19)28(35)18-38-24-4-2-3-20(13-24)25-14-22(5-6-23(25)16-31)27(34)15-21-7-10-32-17-26(21)30/h2-7,10,13-14,17,19,29,36H,8-9,11-12,15-16,18,31H2,1H3. The van der Waals surface area contributed by atoms with Crippen molar-refractivity contribution in [2.45, 2.75) is 32.1 Å². The highest BCUT2D eigenvalue weighted by Crippen LogP contribution is 2.29. The summed E-state index contributed by atoms with van der Waals surface area (Å²) in [7, 11) is 1.47. The molecule has 1 saturated heterocycles. The van der Waals surface area contributed by atoms with Gasteiger partial charge in [-0.15, -0.1) is 0 Å². The summed E-state index contributed by atoms with van der Waals surface area (Å²) in [6, 6.07) is 14.0. The Kier molecular flexibility index (Phi) is 9.17. The number of nitrogens with two attached hydrogens (primary N) is 1. The molecule has 38 heavy (non-hydrogen) atoms. The summed E-state index contributed by atoms with van der Waals surface area (Å²) in [5.74, 6) is -0.334. The fourth-order valence-corrected chi connectivity index (χ4v) is 4.64. The molecule has 1 aromatic heterocycles. The Morgan fingerprint density at radius 2 is 1.95 bits per heavy atom. The Bertz CT molecular complexity index is 1280. The number of likely N-dealkylation sites (tertiary alicyclic amines) is 1. The number of aliphatic hydroxyl groups is 1. The van der Waals surface area contributed by atoms with Crippen molar-refractivity contribution in [1.82, 2.24) is 9.88 Å². The third-order valence-electron chi connectivity index (χ3n) is 6.90. The van der Waals surface area contributed by atoms with E-state index >= 15 is 0 Å². The first kappa shape index (κ1) is 27.4. The second-order valence-electron chi connectivity index (χ2n) is 9.30. The quantitative estimate of drug-likeness (QED) is 0.311. The summed E-state index contributed by atoms with van der Waals surface area (Å²) in [5.41, 5.74) is 9.09. The van der Waals surface area contributed by atoms with E-state index in [4.69, 9.17) is 15.2 Å². The molecule has 1 atom stereocenters. The highest BCUT2D eigenvalue weighted by molar-refractivity contribution is 5.98. The normalized spacial score (nSPS) is 14.8. The van der Waals surface area contributed by atoms with E-state index in [1.54, 1.807) is 35.2 Å². The zero-order valence-corrected chi connectivity index (χ0v) is 21.3. The molecule has 0 aliphatic carbocycles. The van der Waals surface area contributed by atoms with E-state index in [0.29, 0.717) is 37.2 Å². The van der Waals surface area contributed by atoms with Gasteiger partial charge in [0.05, 0.1) is 6.20 Å². The SMILES string of the molecule is COC(O)C1CCN(C(=O)COc2cccc(-c3cc(C(=O)Cc4ccncc4F)ccc3CN)c2)CC1. The molecule has 0 bridgehead atoms. The predicted molar refractivity (Wildman–Crippen MR) is 140 cm³/mol. The van der Waals surface area contributed by atoms with E-state index in [1.807, 2.05) is 12.1 Å². The van der Waals surface area contributed by atoms with Crippen LogP contribution in [-0.2, 0) is 22.5 Å². The average molecular weight is 522 g/mol. The molecule has 1 unspecified atom stereocenters. The van der Waals surface area contributed by atoms with Crippen LogP contribution in [-0.4, -0.2) is 59.8 Å². The number of aromatic nitrogens is 1. The number of carbonyl (C=O) groups is 2. The summed E-state index contributed by atoms with van der Waals surface area (Å²) >= 11 is 0. The van der Waals surface area contributed by atoms with Gasteiger partial charge in [0.15, 0.2) is 18.7 Å². The molecule has 1 amide bonds.